The molecule has 8 heteroatoms. The van der Waals surface area contributed by atoms with E-state index in [4.69, 9.17) is 10.8 Å². The number of carboxylic acids is 1. The first-order valence-corrected chi connectivity index (χ1v) is 6.98. The van der Waals surface area contributed by atoms with E-state index in [0.29, 0.717) is 6.42 Å². The Morgan fingerprint density at radius 2 is 2.00 bits per heavy atom. The molecule has 1 fully saturated rings. The fourth-order valence-corrected chi connectivity index (χ4v) is 2.47. The summed E-state index contributed by atoms with van der Waals surface area (Å²) in [5.41, 5.74) is 5.23. The summed E-state index contributed by atoms with van der Waals surface area (Å²) in [5.74, 6) is -2.08. The van der Waals surface area contributed by atoms with Crippen molar-refractivity contribution >= 4 is 17.8 Å². The standard InChI is InChI=1S/C13H23N3O5/c1-7(2)5-8(15-10(18)6-14)12(19)16-4-3-9(17)11(16)13(20)21/h7-9,11,17H,3-6,14H2,1-2H3,(H,15,18)(H,20,21)/t8-,9-,11-/m0/s1. The monoisotopic (exact) mass is 301 g/mol. The molecule has 1 aliphatic heterocycles. The highest BCUT2D eigenvalue weighted by Crippen LogP contribution is 2.21. The summed E-state index contributed by atoms with van der Waals surface area (Å²) in [6.07, 6.45) is -0.498. The van der Waals surface area contributed by atoms with Gasteiger partial charge in [-0.3, -0.25) is 9.59 Å². The molecule has 0 aromatic carbocycles. The smallest absolute Gasteiger partial charge is 0.329 e. The predicted molar refractivity (Wildman–Crippen MR) is 74.2 cm³/mol. The number of aliphatic hydroxyl groups excluding tert-OH is 1. The zero-order valence-electron chi connectivity index (χ0n) is 12.3. The second kappa shape index (κ2) is 7.37. The lowest BCUT2D eigenvalue weighted by atomic mass is 10.0. The minimum atomic E-state index is -1.26. The molecule has 1 aliphatic rings. The maximum absolute atomic E-state index is 12.5. The fourth-order valence-electron chi connectivity index (χ4n) is 2.47. The van der Waals surface area contributed by atoms with Crippen molar-refractivity contribution in [3.05, 3.63) is 0 Å². The highest BCUT2D eigenvalue weighted by molar-refractivity contribution is 5.91. The molecule has 0 saturated carbocycles. The van der Waals surface area contributed by atoms with Crippen LogP contribution in [0.2, 0.25) is 0 Å². The molecule has 0 aromatic heterocycles. The van der Waals surface area contributed by atoms with E-state index < -0.39 is 36.0 Å². The average molecular weight is 301 g/mol. The molecule has 120 valence electrons. The third kappa shape index (κ3) is 4.40. The van der Waals surface area contributed by atoms with Gasteiger partial charge in [0.1, 0.15) is 6.04 Å². The summed E-state index contributed by atoms with van der Waals surface area (Å²) in [5, 5.41) is 21.3. The first-order chi connectivity index (χ1) is 9.77. The minimum absolute atomic E-state index is 0.132. The van der Waals surface area contributed by atoms with E-state index in [9.17, 15) is 19.5 Å². The molecule has 3 atom stereocenters. The van der Waals surface area contributed by atoms with Gasteiger partial charge in [0.15, 0.2) is 6.04 Å². The predicted octanol–water partition coefficient (Wildman–Crippen LogP) is -1.48. The van der Waals surface area contributed by atoms with Crippen molar-refractivity contribution in [1.82, 2.24) is 10.2 Å². The number of nitrogens with two attached hydrogens (primary N) is 1. The van der Waals surface area contributed by atoms with E-state index in [1.54, 1.807) is 0 Å². The van der Waals surface area contributed by atoms with Crippen molar-refractivity contribution in [2.75, 3.05) is 13.1 Å². The number of rotatable bonds is 6. The summed E-state index contributed by atoms with van der Waals surface area (Å²) in [6, 6.07) is -2.09. The van der Waals surface area contributed by atoms with Gasteiger partial charge in [-0.1, -0.05) is 13.8 Å². The topological polar surface area (TPSA) is 133 Å². The van der Waals surface area contributed by atoms with Crippen molar-refractivity contribution in [2.24, 2.45) is 11.7 Å². The number of aliphatic carboxylic acids is 1. The van der Waals surface area contributed by atoms with Gasteiger partial charge in [-0.25, -0.2) is 4.79 Å². The van der Waals surface area contributed by atoms with Gasteiger partial charge in [-0.05, 0) is 18.8 Å². The van der Waals surface area contributed by atoms with Crippen LogP contribution in [-0.2, 0) is 14.4 Å². The zero-order chi connectivity index (χ0) is 16.2. The Bertz CT molecular complexity index is 413. The number of hydrogen-bond acceptors (Lipinski definition) is 5. The number of likely N-dealkylation sites (tertiary alicyclic amines) is 1. The Morgan fingerprint density at radius 3 is 2.48 bits per heavy atom. The van der Waals surface area contributed by atoms with Crippen LogP contribution in [0.25, 0.3) is 0 Å². The van der Waals surface area contributed by atoms with E-state index in [2.05, 4.69) is 5.32 Å². The van der Waals surface area contributed by atoms with Gasteiger partial charge < -0.3 is 26.2 Å². The van der Waals surface area contributed by atoms with Crippen LogP contribution in [0.15, 0.2) is 0 Å². The van der Waals surface area contributed by atoms with Crippen LogP contribution in [-0.4, -0.2) is 64.2 Å². The SMILES string of the molecule is CC(C)C[C@H](NC(=O)CN)C(=O)N1CC[C@H](O)[C@H]1C(=O)O. The Morgan fingerprint density at radius 1 is 1.38 bits per heavy atom. The van der Waals surface area contributed by atoms with E-state index in [1.165, 1.54) is 0 Å². The summed E-state index contributed by atoms with van der Waals surface area (Å²) in [6.45, 7) is 3.70. The van der Waals surface area contributed by atoms with Crippen LogP contribution in [0.4, 0.5) is 0 Å². The number of carbonyl (C=O) groups is 3. The number of aliphatic hydroxyl groups is 1. The van der Waals surface area contributed by atoms with E-state index in [1.807, 2.05) is 13.8 Å². The second-order valence-electron chi connectivity index (χ2n) is 5.62. The highest BCUT2D eigenvalue weighted by Gasteiger charge is 2.43. The number of hydrogen-bond donors (Lipinski definition) is 4. The van der Waals surface area contributed by atoms with E-state index in [0.717, 1.165) is 4.90 Å². The lowest BCUT2D eigenvalue weighted by Gasteiger charge is -2.28. The van der Waals surface area contributed by atoms with Crippen molar-refractivity contribution in [3.8, 4) is 0 Å². The molecule has 1 heterocycles. The van der Waals surface area contributed by atoms with Gasteiger partial charge in [-0.15, -0.1) is 0 Å². The number of nitrogens with zero attached hydrogens (tertiary/aromatic N) is 1. The average Bonchev–Trinajstić information content (AvgIpc) is 2.78. The summed E-state index contributed by atoms with van der Waals surface area (Å²) in [7, 11) is 0. The Hall–Kier alpha value is -1.67. The van der Waals surface area contributed by atoms with Gasteiger partial charge in [0.25, 0.3) is 0 Å². The molecule has 0 unspecified atom stereocenters. The molecule has 0 spiro atoms. The van der Waals surface area contributed by atoms with Crippen molar-refractivity contribution in [1.29, 1.82) is 0 Å². The van der Waals surface area contributed by atoms with Crippen LogP contribution >= 0.6 is 0 Å². The molecule has 8 nitrogen and oxygen atoms in total. The maximum Gasteiger partial charge on any atom is 0.329 e. The van der Waals surface area contributed by atoms with Crippen molar-refractivity contribution < 1.29 is 24.6 Å². The number of nitrogens with one attached hydrogen (secondary N) is 1. The molecule has 0 radical (unpaired) electrons. The molecule has 2 amide bonds. The molecule has 5 N–H and O–H groups in total. The van der Waals surface area contributed by atoms with Crippen LogP contribution < -0.4 is 11.1 Å². The Labute approximate surface area is 123 Å². The summed E-state index contributed by atoms with van der Waals surface area (Å²) < 4.78 is 0. The molecular formula is C13H23N3O5. The first-order valence-electron chi connectivity index (χ1n) is 6.98. The quantitative estimate of drug-likeness (QED) is 0.473. The van der Waals surface area contributed by atoms with Gasteiger partial charge in [-0.2, -0.15) is 0 Å². The minimum Gasteiger partial charge on any atom is -0.480 e. The maximum atomic E-state index is 12.5. The normalized spacial score (nSPS) is 23.2. The molecule has 1 saturated heterocycles. The van der Waals surface area contributed by atoms with Gasteiger partial charge in [0.05, 0.1) is 12.6 Å². The van der Waals surface area contributed by atoms with Gasteiger partial charge >= 0.3 is 5.97 Å². The zero-order valence-corrected chi connectivity index (χ0v) is 12.3. The van der Waals surface area contributed by atoms with Crippen LogP contribution in [0.3, 0.4) is 0 Å². The number of carbonyl (C=O) groups excluding carboxylic acids is 2. The number of amides is 2. The second-order valence-corrected chi connectivity index (χ2v) is 5.62. The van der Waals surface area contributed by atoms with Crippen molar-refractivity contribution in [2.45, 2.75) is 44.9 Å². The lowest BCUT2D eigenvalue weighted by Crippen LogP contribution is -2.54. The van der Waals surface area contributed by atoms with E-state index >= 15 is 0 Å². The molecule has 1 rings (SSSR count). The van der Waals surface area contributed by atoms with Gasteiger partial charge in [0, 0.05) is 6.54 Å². The lowest BCUT2D eigenvalue weighted by molar-refractivity contribution is -0.152. The van der Waals surface area contributed by atoms with Crippen LogP contribution in [0.5, 0.6) is 0 Å². The Balaban J connectivity index is 2.88. The first kappa shape index (κ1) is 17.4. The molecular weight excluding hydrogens is 278 g/mol. The molecule has 0 aromatic rings. The molecule has 21 heavy (non-hydrogen) atoms. The van der Waals surface area contributed by atoms with Crippen LogP contribution in [0.1, 0.15) is 26.7 Å². The third-order valence-electron chi connectivity index (χ3n) is 3.43. The van der Waals surface area contributed by atoms with Crippen molar-refractivity contribution in [3.63, 3.8) is 0 Å². The molecule has 0 aliphatic carbocycles. The Kier molecular flexibility index (Phi) is 6.10. The largest absolute Gasteiger partial charge is 0.480 e. The fraction of sp³-hybridized carbons (Fsp3) is 0.769. The highest BCUT2D eigenvalue weighted by atomic mass is 16.4. The summed E-state index contributed by atoms with van der Waals surface area (Å²) in [4.78, 5) is 36.2. The van der Waals surface area contributed by atoms with E-state index in [-0.39, 0.29) is 25.4 Å². The summed E-state index contributed by atoms with van der Waals surface area (Å²) >= 11 is 0. The van der Waals surface area contributed by atoms with Gasteiger partial charge in [0.2, 0.25) is 11.8 Å². The van der Waals surface area contributed by atoms with Crippen LogP contribution in [0, 0.1) is 5.92 Å². The third-order valence-corrected chi connectivity index (χ3v) is 3.43. The molecule has 0 bridgehead atoms. The number of carboxylic acid groups (broad SMARTS) is 1.